The molecule has 7 heteroatoms. The normalized spacial score (nSPS) is 15.4. The lowest BCUT2D eigenvalue weighted by molar-refractivity contribution is 0.682. The summed E-state index contributed by atoms with van der Waals surface area (Å²) < 4.78 is 12.3. The van der Waals surface area contributed by atoms with E-state index >= 15 is 0 Å². The van der Waals surface area contributed by atoms with Gasteiger partial charge in [-0.15, -0.1) is 5.11 Å². The molecule has 3 rings (SSSR count). The molecule has 1 unspecified atom stereocenters. The highest BCUT2D eigenvalue weighted by atomic mass is 32.2. The standard InChI is InChI=1S/C16H13N5OS/c1-23(17,22)14-6-2-5-13(15(14)16-19-11-20-21-16)8-7-12-4-3-9-18-10-12/h2-6,9-10H,1,11H2,(H2,17,22). The fourth-order valence-electron chi connectivity index (χ4n) is 2.09. The van der Waals surface area contributed by atoms with Gasteiger partial charge in [0.25, 0.3) is 0 Å². The maximum absolute atomic E-state index is 12.3. The molecule has 0 bridgehead atoms. The number of aliphatic imine (C=N–C) groups is 1. The van der Waals surface area contributed by atoms with Crippen LogP contribution in [-0.4, -0.2) is 27.6 Å². The highest BCUT2D eigenvalue weighted by molar-refractivity contribution is 7.98. The molecule has 0 fully saturated rings. The molecule has 1 aromatic heterocycles. The molecule has 0 aliphatic carbocycles. The summed E-state index contributed by atoms with van der Waals surface area (Å²) >= 11 is 0. The molecule has 114 valence electrons. The molecule has 2 N–H and O–H groups in total. The molecular formula is C16H13N5OS. The molecule has 1 aliphatic rings. The van der Waals surface area contributed by atoms with Gasteiger partial charge in [0, 0.05) is 23.5 Å². The van der Waals surface area contributed by atoms with Crippen molar-refractivity contribution in [1.82, 2.24) is 4.98 Å². The van der Waals surface area contributed by atoms with Gasteiger partial charge in [0.1, 0.15) is 0 Å². The van der Waals surface area contributed by atoms with Crippen molar-refractivity contribution >= 4 is 21.4 Å². The monoisotopic (exact) mass is 323 g/mol. The minimum atomic E-state index is -2.94. The van der Waals surface area contributed by atoms with Crippen molar-refractivity contribution in [2.75, 3.05) is 6.67 Å². The Balaban J connectivity index is 2.18. The number of amidine groups is 1. The summed E-state index contributed by atoms with van der Waals surface area (Å²) in [7, 11) is -2.94. The van der Waals surface area contributed by atoms with E-state index in [-0.39, 0.29) is 6.67 Å². The van der Waals surface area contributed by atoms with Crippen molar-refractivity contribution in [3.63, 3.8) is 0 Å². The van der Waals surface area contributed by atoms with Gasteiger partial charge in [0.05, 0.1) is 20.2 Å². The van der Waals surface area contributed by atoms with Gasteiger partial charge in [-0.3, -0.25) is 10.1 Å². The molecule has 23 heavy (non-hydrogen) atoms. The van der Waals surface area contributed by atoms with Gasteiger partial charge in [0.15, 0.2) is 12.5 Å². The van der Waals surface area contributed by atoms with Crippen molar-refractivity contribution in [1.29, 1.82) is 0 Å². The van der Waals surface area contributed by atoms with Gasteiger partial charge in [-0.2, -0.15) is 5.11 Å². The van der Waals surface area contributed by atoms with Crippen LogP contribution in [0, 0.1) is 11.8 Å². The summed E-state index contributed by atoms with van der Waals surface area (Å²) in [6.07, 6.45) is 3.34. The minimum Gasteiger partial charge on any atom is -0.263 e. The largest absolute Gasteiger partial charge is 0.263 e. The molecule has 0 amide bonds. The second kappa shape index (κ2) is 6.12. The van der Waals surface area contributed by atoms with Crippen LogP contribution in [0.15, 0.2) is 62.8 Å². The fraction of sp³-hybridized carbons (Fsp3) is 0.0625. The lowest BCUT2D eigenvalue weighted by Gasteiger charge is -2.10. The van der Waals surface area contributed by atoms with Gasteiger partial charge >= 0.3 is 0 Å². The lowest BCUT2D eigenvalue weighted by Crippen LogP contribution is -2.17. The van der Waals surface area contributed by atoms with Gasteiger partial charge < -0.3 is 0 Å². The number of hydrogen-bond donors (Lipinski definition) is 1. The summed E-state index contributed by atoms with van der Waals surface area (Å²) in [6, 6.07) is 8.83. The molecular weight excluding hydrogens is 310 g/mol. The van der Waals surface area contributed by atoms with Crippen molar-refractivity contribution in [2.24, 2.45) is 20.4 Å². The molecule has 2 heterocycles. The average molecular weight is 323 g/mol. The Labute approximate surface area is 134 Å². The Morgan fingerprint density at radius 1 is 1.22 bits per heavy atom. The Hall–Kier alpha value is -2.82. The number of azo groups is 1. The maximum atomic E-state index is 12.3. The van der Waals surface area contributed by atoms with E-state index < -0.39 is 9.71 Å². The SMILES string of the molecule is C=S(N)(=O)c1cccc(C#Cc2cccnc2)c1C1=NCN=N1. The van der Waals surface area contributed by atoms with Crippen molar-refractivity contribution in [3.05, 3.63) is 59.4 Å². The first kappa shape index (κ1) is 15.1. The third kappa shape index (κ3) is 3.34. The first-order valence-corrected chi connectivity index (χ1v) is 8.47. The Bertz CT molecular complexity index is 967. The van der Waals surface area contributed by atoms with Gasteiger partial charge in [-0.05, 0) is 30.1 Å². The van der Waals surface area contributed by atoms with Crippen LogP contribution in [0.25, 0.3) is 0 Å². The number of nitrogens with zero attached hydrogens (tertiary/aromatic N) is 4. The van der Waals surface area contributed by atoms with E-state index in [2.05, 4.69) is 37.9 Å². The fourth-order valence-corrected chi connectivity index (χ4v) is 2.94. The summed E-state index contributed by atoms with van der Waals surface area (Å²) in [5.74, 6) is 9.97. The molecule has 0 radical (unpaired) electrons. The van der Waals surface area contributed by atoms with E-state index in [1.165, 1.54) is 0 Å². The zero-order valence-corrected chi connectivity index (χ0v) is 13.0. The minimum absolute atomic E-state index is 0.238. The van der Waals surface area contributed by atoms with Crippen molar-refractivity contribution < 1.29 is 4.21 Å². The number of benzene rings is 1. The van der Waals surface area contributed by atoms with Crippen LogP contribution in [-0.2, 0) is 9.71 Å². The molecule has 2 aromatic rings. The number of hydrogen-bond acceptors (Lipinski definition) is 5. The topological polar surface area (TPSA) is 93.1 Å². The van der Waals surface area contributed by atoms with Gasteiger partial charge in [0.2, 0.25) is 0 Å². The summed E-state index contributed by atoms with van der Waals surface area (Å²) in [5, 5.41) is 13.5. The predicted octanol–water partition coefficient (Wildman–Crippen LogP) is 1.60. The number of pyridine rings is 1. The smallest absolute Gasteiger partial charge is 0.181 e. The van der Waals surface area contributed by atoms with Crippen molar-refractivity contribution in [3.8, 4) is 11.8 Å². The van der Waals surface area contributed by atoms with E-state index in [1.807, 2.05) is 6.07 Å². The van der Waals surface area contributed by atoms with Crippen LogP contribution in [0.4, 0.5) is 0 Å². The maximum Gasteiger partial charge on any atom is 0.181 e. The molecule has 0 spiro atoms. The second-order valence-electron chi connectivity index (χ2n) is 4.76. The molecule has 0 saturated heterocycles. The van der Waals surface area contributed by atoms with E-state index in [9.17, 15) is 4.21 Å². The van der Waals surface area contributed by atoms with E-state index in [1.54, 1.807) is 36.7 Å². The number of nitrogens with two attached hydrogens (primary N) is 1. The van der Waals surface area contributed by atoms with Gasteiger partial charge in [-0.1, -0.05) is 17.9 Å². The Morgan fingerprint density at radius 3 is 2.74 bits per heavy atom. The van der Waals surface area contributed by atoms with Crippen LogP contribution in [0.2, 0.25) is 0 Å². The molecule has 1 atom stereocenters. The highest BCUT2D eigenvalue weighted by Gasteiger charge is 2.19. The second-order valence-corrected chi connectivity index (χ2v) is 6.65. The number of aromatic nitrogens is 1. The molecule has 1 aromatic carbocycles. The van der Waals surface area contributed by atoms with Crippen LogP contribution >= 0.6 is 0 Å². The summed E-state index contributed by atoms with van der Waals surface area (Å²) in [5.41, 5.74) is 1.90. The van der Waals surface area contributed by atoms with Crippen LogP contribution < -0.4 is 5.14 Å². The third-order valence-electron chi connectivity index (χ3n) is 3.07. The Morgan fingerprint density at radius 2 is 2.09 bits per heavy atom. The summed E-state index contributed by atoms with van der Waals surface area (Å²) in [4.78, 5) is 8.58. The predicted molar refractivity (Wildman–Crippen MR) is 90.6 cm³/mol. The molecule has 1 aliphatic heterocycles. The molecule has 0 saturated carbocycles. The zero-order chi connectivity index (χ0) is 16.3. The lowest BCUT2D eigenvalue weighted by atomic mass is 10.1. The van der Waals surface area contributed by atoms with Crippen LogP contribution in [0.1, 0.15) is 16.7 Å². The quantitative estimate of drug-likeness (QED) is 0.671. The zero-order valence-electron chi connectivity index (χ0n) is 12.1. The number of rotatable bonds is 2. The summed E-state index contributed by atoms with van der Waals surface area (Å²) in [6.45, 7) is 0.238. The van der Waals surface area contributed by atoms with E-state index in [4.69, 9.17) is 5.14 Å². The van der Waals surface area contributed by atoms with Crippen molar-refractivity contribution in [2.45, 2.75) is 4.90 Å². The van der Waals surface area contributed by atoms with Crippen LogP contribution in [0.5, 0.6) is 0 Å². The average Bonchev–Trinajstić information content (AvgIpc) is 3.07. The molecule has 6 nitrogen and oxygen atoms in total. The van der Waals surface area contributed by atoms with Crippen LogP contribution in [0.3, 0.4) is 0 Å². The Kier molecular flexibility index (Phi) is 4.02. The first-order chi connectivity index (χ1) is 11.1. The van der Waals surface area contributed by atoms with Gasteiger partial charge in [-0.25, -0.2) is 9.20 Å². The first-order valence-electron chi connectivity index (χ1n) is 6.68. The van der Waals surface area contributed by atoms with E-state index in [0.29, 0.717) is 21.9 Å². The van der Waals surface area contributed by atoms with E-state index in [0.717, 1.165) is 5.56 Å². The highest BCUT2D eigenvalue weighted by Crippen LogP contribution is 2.22. The third-order valence-corrected chi connectivity index (χ3v) is 4.16.